The van der Waals surface area contributed by atoms with E-state index in [0.717, 1.165) is 32.1 Å². The van der Waals surface area contributed by atoms with Crippen molar-refractivity contribution in [2.75, 3.05) is 0 Å². The quantitative estimate of drug-likeness (QED) is 0.107. The Bertz CT molecular complexity index is 1030. The van der Waals surface area contributed by atoms with E-state index >= 15 is 0 Å². The maximum Gasteiger partial charge on any atom is -0.0285 e. The van der Waals surface area contributed by atoms with Gasteiger partial charge in [0.2, 0.25) is 0 Å². The lowest BCUT2D eigenvalue weighted by Gasteiger charge is -2.02. The van der Waals surface area contributed by atoms with Crippen molar-refractivity contribution in [2.45, 2.75) is 133 Å². The lowest BCUT2D eigenvalue weighted by Crippen LogP contribution is -1.82. The molecular formula is C42H66. The van der Waals surface area contributed by atoms with Gasteiger partial charge in [-0.25, -0.2) is 0 Å². The number of hydrogen-bond donors (Lipinski definition) is 0. The molecular weight excluding hydrogens is 504 g/mol. The minimum Gasteiger partial charge on any atom is -0.0991 e. The van der Waals surface area contributed by atoms with Crippen LogP contribution in [0.4, 0.5) is 0 Å². The van der Waals surface area contributed by atoms with E-state index < -0.39 is 0 Å². The summed E-state index contributed by atoms with van der Waals surface area (Å²) in [6.07, 6.45) is 37.7. The van der Waals surface area contributed by atoms with Crippen LogP contribution in [0, 0.1) is 0 Å². The van der Waals surface area contributed by atoms with Crippen LogP contribution in [0.2, 0.25) is 0 Å². The first kappa shape index (κ1) is 41.3. The Balaban J connectivity index is 0. The smallest absolute Gasteiger partial charge is 0.0285 e. The van der Waals surface area contributed by atoms with Crippen LogP contribution in [-0.2, 0) is 0 Å². The second-order valence-electron chi connectivity index (χ2n) is 12.2. The molecule has 0 spiro atoms. The lowest BCUT2D eigenvalue weighted by molar-refractivity contribution is 0.900. The minimum atomic E-state index is 1.13. The van der Waals surface area contributed by atoms with E-state index in [0.29, 0.717) is 0 Å². The van der Waals surface area contributed by atoms with Gasteiger partial charge in [-0.2, -0.15) is 0 Å². The highest BCUT2D eigenvalue weighted by atomic mass is 14.0. The van der Waals surface area contributed by atoms with E-state index in [1.54, 1.807) is 0 Å². The van der Waals surface area contributed by atoms with E-state index in [2.05, 4.69) is 137 Å². The molecule has 0 atom stereocenters. The molecule has 0 saturated heterocycles. The molecule has 0 aromatic carbocycles. The van der Waals surface area contributed by atoms with E-state index in [4.69, 9.17) is 0 Å². The zero-order chi connectivity index (χ0) is 32.2. The molecule has 0 rings (SSSR count). The Morgan fingerprint density at radius 2 is 0.738 bits per heavy atom. The molecule has 0 radical (unpaired) electrons. The van der Waals surface area contributed by atoms with Gasteiger partial charge in [-0.15, -0.1) is 0 Å². The van der Waals surface area contributed by atoms with Gasteiger partial charge in [0.25, 0.3) is 0 Å². The van der Waals surface area contributed by atoms with Gasteiger partial charge >= 0.3 is 0 Å². The highest BCUT2D eigenvalue weighted by molar-refractivity contribution is 5.25. The molecule has 0 heterocycles. The molecule has 0 unspecified atom stereocenters. The first-order valence-electron chi connectivity index (χ1n) is 16.1. The monoisotopic (exact) mass is 571 g/mol. The molecule has 0 saturated carbocycles. The van der Waals surface area contributed by atoms with Gasteiger partial charge < -0.3 is 0 Å². The molecule has 0 aliphatic rings. The second-order valence-corrected chi connectivity index (χ2v) is 12.2. The van der Waals surface area contributed by atoms with Crippen molar-refractivity contribution in [3.05, 3.63) is 131 Å². The molecule has 0 aliphatic heterocycles. The molecule has 0 heteroatoms. The van der Waals surface area contributed by atoms with Crippen LogP contribution in [0.15, 0.2) is 131 Å². The largest absolute Gasteiger partial charge is 0.0991 e. The standard InChI is InChI=1S/C21H34.C21H32/c2*1-7-11-19(4)14-9-15-21(6)17-10-16-20(5)13-8-12-18(2)3/h7,11-12,15-16H,1,8-10,13-14,17H2,2-6H3;7,9,11-12,14-16H,1,8,10,13,17H2,2-6H3/b19-11+,20-16+,21-15+;14-9+,19-11+,20-16+,21-15+. The molecule has 234 valence electrons. The number of hydrogen-bond acceptors (Lipinski definition) is 0. The third kappa shape index (κ3) is 31.7. The number of allylic oxidation sites excluding steroid dienone is 20. The van der Waals surface area contributed by atoms with E-state index in [-0.39, 0.29) is 0 Å². The Morgan fingerprint density at radius 3 is 1.10 bits per heavy atom. The maximum atomic E-state index is 3.73. The Kier molecular flexibility index (Phi) is 27.8. The summed E-state index contributed by atoms with van der Waals surface area (Å²) < 4.78 is 0. The van der Waals surface area contributed by atoms with Gasteiger partial charge in [0.1, 0.15) is 0 Å². The van der Waals surface area contributed by atoms with Crippen LogP contribution < -0.4 is 0 Å². The molecule has 42 heavy (non-hydrogen) atoms. The van der Waals surface area contributed by atoms with Crippen LogP contribution in [-0.4, -0.2) is 0 Å². The van der Waals surface area contributed by atoms with Gasteiger partial charge in [-0.3, -0.25) is 0 Å². The number of rotatable bonds is 19. The zero-order valence-electron chi connectivity index (χ0n) is 29.4. The van der Waals surface area contributed by atoms with Crippen LogP contribution in [0.25, 0.3) is 0 Å². The van der Waals surface area contributed by atoms with Gasteiger partial charge in [0, 0.05) is 0 Å². The fourth-order valence-electron chi connectivity index (χ4n) is 4.10. The average Bonchev–Trinajstić information content (AvgIpc) is 2.89. The van der Waals surface area contributed by atoms with Crippen molar-refractivity contribution in [3.63, 3.8) is 0 Å². The molecule has 0 aromatic heterocycles. The Labute approximate surface area is 263 Å². The molecule has 0 aromatic rings. The van der Waals surface area contributed by atoms with Gasteiger partial charge in [0.15, 0.2) is 0 Å². The van der Waals surface area contributed by atoms with E-state index in [1.807, 2.05) is 18.2 Å². The fourth-order valence-corrected chi connectivity index (χ4v) is 4.10. The Morgan fingerprint density at radius 1 is 0.405 bits per heavy atom. The molecule has 0 nitrogen and oxygen atoms in total. The minimum absolute atomic E-state index is 1.13. The van der Waals surface area contributed by atoms with Gasteiger partial charge in [0.05, 0.1) is 0 Å². The zero-order valence-corrected chi connectivity index (χ0v) is 29.4. The molecule has 0 amide bonds. The predicted octanol–water partition coefficient (Wildman–Crippen LogP) is 14.4. The van der Waals surface area contributed by atoms with Crippen LogP contribution >= 0.6 is 0 Å². The SMILES string of the molecule is C=C/C=C(C)/C=C/C=C(\C)CC/C=C(\C)CCC=C(C)C.C=C/C=C(\C)CC/C=C(\C)CC/C=C(\C)CCC=C(C)C. The predicted molar refractivity (Wildman–Crippen MR) is 197 cm³/mol. The van der Waals surface area contributed by atoms with Crippen LogP contribution in [0.1, 0.15) is 133 Å². The molecule has 0 fully saturated rings. The van der Waals surface area contributed by atoms with Gasteiger partial charge in [-0.1, -0.05) is 131 Å². The van der Waals surface area contributed by atoms with Crippen LogP contribution in [0.5, 0.6) is 0 Å². The third-order valence-corrected chi connectivity index (χ3v) is 6.80. The van der Waals surface area contributed by atoms with Crippen LogP contribution in [0.3, 0.4) is 0 Å². The van der Waals surface area contributed by atoms with E-state index in [9.17, 15) is 0 Å². The summed E-state index contributed by atoms with van der Waals surface area (Å²) >= 11 is 0. The second kappa shape index (κ2) is 28.3. The summed E-state index contributed by atoms with van der Waals surface area (Å²) in [6, 6.07) is 0. The summed E-state index contributed by atoms with van der Waals surface area (Å²) in [5.41, 5.74) is 11.4. The van der Waals surface area contributed by atoms with Crippen molar-refractivity contribution in [2.24, 2.45) is 0 Å². The van der Waals surface area contributed by atoms with Crippen molar-refractivity contribution in [3.8, 4) is 0 Å². The summed E-state index contributed by atoms with van der Waals surface area (Å²) in [7, 11) is 0. The maximum absolute atomic E-state index is 3.73. The summed E-state index contributed by atoms with van der Waals surface area (Å²) in [4.78, 5) is 0. The van der Waals surface area contributed by atoms with Crippen molar-refractivity contribution < 1.29 is 0 Å². The highest BCUT2D eigenvalue weighted by Crippen LogP contribution is 2.14. The lowest BCUT2D eigenvalue weighted by atomic mass is 10.0. The molecule has 0 aliphatic carbocycles. The van der Waals surface area contributed by atoms with E-state index in [1.165, 1.54) is 76.7 Å². The highest BCUT2D eigenvalue weighted by Gasteiger charge is 1.94. The normalized spacial score (nSPS) is 13.5. The first-order chi connectivity index (χ1) is 19.9. The van der Waals surface area contributed by atoms with Crippen molar-refractivity contribution in [1.29, 1.82) is 0 Å². The van der Waals surface area contributed by atoms with Gasteiger partial charge in [-0.05, 0) is 133 Å². The molecule has 0 N–H and O–H groups in total. The average molecular weight is 571 g/mol. The summed E-state index contributed by atoms with van der Waals surface area (Å²) in [5.74, 6) is 0. The summed E-state index contributed by atoms with van der Waals surface area (Å²) in [6.45, 7) is 29.3. The topological polar surface area (TPSA) is 0 Å². The van der Waals surface area contributed by atoms with Crippen molar-refractivity contribution >= 4 is 0 Å². The fraction of sp³-hybridized carbons (Fsp3) is 0.476. The first-order valence-corrected chi connectivity index (χ1v) is 16.1. The molecule has 0 bridgehead atoms. The Hall–Kier alpha value is -2.86. The van der Waals surface area contributed by atoms with Crippen molar-refractivity contribution in [1.82, 2.24) is 0 Å². The summed E-state index contributed by atoms with van der Waals surface area (Å²) in [5, 5.41) is 0. The third-order valence-electron chi connectivity index (χ3n) is 6.80.